The Morgan fingerprint density at radius 2 is 1.67 bits per heavy atom. The zero-order valence-corrected chi connectivity index (χ0v) is 14.6. The van der Waals surface area contributed by atoms with E-state index in [0.717, 1.165) is 21.5 Å². The van der Waals surface area contributed by atoms with Crippen LogP contribution in [-0.2, 0) is 6.61 Å². The highest BCUT2D eigenvalue weighted by molar-refractivity contribution is 9.10. The minimum atomic E-state index is 0.227. The molecule has 0 aliphatic carbocycles. The maximum atomic E-state index is 5.59. The van der Waals surface area contributed by atoms with Gasteiger partial charge in [0.2, 0.25) is 5.89 Å². The van der Waals surface area contributed by atoms with Gasteiger partial charge in [0.05, 0.1) is 7.11 Å². The van der Waals surface area contributed by atoms with Gasteiger partial charge < -0.3 is 13.9 Å². The van der Waals surface area contributed by atoms with E-state index in [4.69, 9.17) is 13.9 Å². The molecule has 5 nitrogen and oxygen atoms in total. The van der Waals surface area contributed by atoms with Crippen LogP contribution in [0.1, 0.15) is 17.3 Å². The highest BCUT2D eigenvalue weighted by Crippen LogP contribution is 2.17. The van der Waals surface area contributed by atoms with Crippen molar-refractivity contribution in [3.05, 3.63) is 70.3 Å². The van der Waals surface area contributed by atoms with Gasteiger partial charge in [0.1, 0.15) is 11.5 Å². The van der Waals surface area contributed by atoms with Gasteiger partial charge in [0, 0.05) is 10.5 Å². The van der Waals surface area contributed by atoms with Crippen molar-refractivity contribution < 1.29 is 13.9 Å². The SMILES string of the molecule is COc1ccc(/C=C\c2nnc(COc3ccc(Br)cc3)o2)cc1. The molecule has 0 saturated heterocycles. The predicted octanol–water partition coefficient (Wildman–Crippen LogP) is 4.59. The Balaban J connectivity index is 1.58. The Morgan fingerprint density at radius 1 is 0.958 bits per heavy atom. The second-order valence-electron chi connectivity index (χ2n) is 4.88. The molecule has 122 valence electrons. The lowest BCUT2D eigenvalue weighted by atomic mass is 10.2. The van der Waals surface area contributed by atoms with Crippen molar-refractivity contribution in [2.45, 2.75) is 6.61 Å². The summed E-state index contributed by atoms with van der Waals surface area (Å²) in [5, 5.41) is 7.94. The van der Waals surface area contributed by atoms with Crippen molar-refractivity contribution in [3.63, 3.8) is 0 Å². The number of halogens is 1. The van der Waals surface area contributed by atoms with E-state index in [9.17, 15) is 0 Å². The largest absolute Gasteiger partial charge is 0.497 e. The zero-order valence-electron chi connectivity index (χ0n) is 13.0. The minimum Gasteiger partial charge on any atom is -0.497 e. The Morgan fingerprint density at radius 3 is 2.38 bits per heavy atom. The fourth-order valence-electron chi connectivity index (χ4n) is 1.95. The van der Waals surface area contributed by atoms with E-state index in [0.29, 0.717) is 11.8 Å². The van der Waals surface area contributed by atoms with E-state index in [-0.39, 0.29) is 6.61 Å². The fraction of sp³-hybridized carbons (Fsp3) is 0.111. The van der Waals surface area contributed by atoms with Gasteiger partial charge in [0.25, 0.3) is 5.89 Å². The molecule has 3 rings (SSSR count). The van der Waals surface area contributed by atoms with E-state index >= 15 is 0 Å². The summed E-state index contributed by atoms with van der Waals surface area (Å²) in [6, 6.07) is 15.2. The average Bonchev–Trinajstić information content (AvgIpc) is 3.08. The molecule has 0 unspecified atom stereocenters. The number of methoxy groups -OCH3 is 1. The first-order valence-electron chi connectivity index (χ1n) is 7.26. The van der Waals surface area contributed by atoms with E-state index in [1.54, 1.807) is 13.2 Å². The third kappa shape index (κ3) is 4.45. The summed E-state index contributed by atoms with van der Waals surface area (Å²) in [7, 11) is 1.64. The molecular formula is C18H15BrN2O3. The van der Waals surface area contributed by atoms with Crippen LogP contribution in [-0.4, -0.2) is 17.3 Å². The molecule has 0 fully saturated rings. The molecule has 0 bridgehead atoms. The van der Waals surface area contributed by atoms with E-state index in [2.05, 4.69) is 26.1 Å². The maximum absolute atomic E-state index is 5.59. The molecule has 6 heteroatoms. The quantitative estimate of drug-likeness (QED) is 0.619. The van der Waals surface area contributed by atoms with Crippen molar-refractivity contribution >= 4 is 28.1 Å². The van der Waals surface area contributed by atoms with Crippen molar-refractivity contribution in [1.82, 2.24) is 10.2 Å². The average molecular weight is 387 g/mol. The Hall–Kier alpha value is -2.60. The van der Waals surface area contributed by atoms with Crippen molar-refractivity contribution in [3.8, 4) is 11.5 Å². The molecule has 0 spiro atoms. The van der Waals surface area contributed by atoms with Crippen molar-refractivity contribution in [1.29, 1.82) is 0 Å². The Labute approximate surface area is 148 Å². The van der Waals surface area contributed by atoms with Gasteiger partial charge in [-0.1, -0.05) is 28.1 Å². The molecule has 1 heterocycles. The van der Waals surface area contributed by atoms with Crippen molar-refractivity contribution in [2.24, 2.45) is 0 Å². The van der Waals surface area contributed by atoms with E-state index in [1.807, 2.05) is 54.6 Å². The molecule has 1 aromatic heterocycles. The summed E-state index contributed by atoms with van der Waals surface area (Å²) in [5.41, 5.74) is 1.02. The number of aromatic nitrogens is 2. The van der Waals surface area contributed by atoms with Crippen LogP contribution >= 0.6 is 15.9 Å². The molecule has 3 aromatic rings. The lowest BCUT2D eigenvalue weighted by molar-refractivity contribution is 0.262. The predicted molar refractivity (Wildman–Crippen MR) is 94.7 cm³/mol. The first kappa shape index (κ1) is 16.3. The second-order valence-corrected chi connectivity index (χ2v) is 5.80. The van der Waals surface area contributed by atoms with Crippen LogP contribution in [0.5, 0.6) is 11.5 Å². The zero-order chi connectivity index (χ0) is 16.8. The van der Waals surface area contributed by atoms with Gasteiger partial charge >= 0.3 is 0 Å². The molecule has 0 N–H and O–H groups in total. The van der Waals surface area contributed by atoms with E-state index in [1.165, 1.54) is 0 Å². The van der Waals surface area contributed by atoms with Gasteiger partial charge in [-0.15, -0.1) is 10.2 Å². The summed E-state index contributed by atoms with van der Waals surface area (Å²) >= 11 is 3.38. The number of hydrogen-bond donors (Lipinski definition) is 0. The lowest BCUT2D eigenvalue weighted by Crippen LogP contribution is -1.95. The third-order valence-corrected chi connectivity index (χ3v) is 3.72. The molecule has 0 saturated carbocycles. The van der Waals surface area contributed by atoms with Crippen LogP contribution in [0, 0.1) is 0 Å². The number of ether oxygens (including phenoxy) is 2. The molecule has 2 aromatic carbocycles. The molecular weight excluding hydrogens is 372 g/mol. The van der Waals surface area contributed by atoms with Gasteiger partial charge in [-0.3, -0.25) is 0 Å². The molecule has 0 aliphatic heterocycles. The summed E-state index contributed by atoms with van der Waals surface area (Å²) in [6.45, 7) is 0.227. The van der Waals surface area contributed by atoms with Crippen LogP contribution in [0.2, 0.25) is 0 Å². The number of nitrogens with zero attached hydrogens (tertiary/aromatic N) is 2. The number of benzene rings is 2. The molecule has 24 heavy (non-hydrogen) atoms. The van der Waals surface area contributed by atoms with Gasteiger partial charge in [-0.05, 0) is 48.0 Å². The monoisotopic (exact) mass is 386 g/mol. The fourth-order valence-corrected chi connectivity index (χ4v) is 2.22. The number of hydrogen-bond acceptors (Lipinski definition) is 5. The van der Waals surface area contributed by atoms with Crippen molar-refractivity contribution in [2.75, 3.05) is 7.11 Å². The van der Waals surface area contributed by atoms with Gasteiger partial charge in [0.15, 0.2) is 6.61 Å². The second kappa shape index (κ2) is 7.79. The normalized spacial score (nSPS) is 10.9. The van der Waals surface area contributed by atoms with Gasteiger partial charge in [-0.2, -0.15) is 0 Å². The lowest BCUT2D eigenvalue weighted by Gasteiger charge is -2.02. The summed E-state index contributed by atoms with van der Waals surface area (Å²) in [5.74, 6) is 2.41. The first-order chi connectivity index (χ1) is 11.7. The van der Waals surface area contributed by atoms with Crippen LogP contribution < -0.4 is 9.47 Å². The summed E-state index contributed by atoms with van der Waals surface area (Å²) in [4.78, 5) is 0. The Bertz CT molecular complexity index is 811. The van der Waals surface area contributed by atoms with Crippen LogP contribution in [0.15, 0.2) is 57.4 Å². The Kier molecular flexibility index (Phi) is 5.28. The third-order valence-electron chi connectivity index (χ3n) is 3.19. The number of rotatable bonds is 6. The molecule has 0 amide bonds. The maximum Gasteiger partial charge on any atom is 0.254 e. The minimum absolute atomic E-state index is 0.227. The van der Waals surface area contributed by atoms with Crippen LogP contribution in [0.3, 0.4) is 0 Å². The standard InChI is InChI=1S/C18H15BrN2O3/c1-22-15-7-2-13(3-8-15)4-11-17-20-21-18(24-17)12-23-16-9-5-14(19)6-10-16/h2-11H,12H2,1H3/b11-4-. The van der Waals surface area contributed by atoms with E-state index < -0.39 is 0 Å². The summed E-state index contributed by atoms with van der Waals surface area (Å²) in [6.07, 6.45) is 3.66. The first-order valence-corrected chi connectivity index (χ1v) is 8.05. The van der Waals surface area contributed by atoms with Crippen LogP contribution in [0.25, 0.3) is 12.2 Å². The topological polar surface area (TPSA) is 57.4 Å². The smallest absolute Gasteiger partial charge is 0.254 e. The summed E-state index contributed by atoms with van der Waals surface area (Å²) < 4.78 is 17.2. The molecule has 0 aliphatic rings. The van der Waals surface area contributed by atoms with Gasteiger partial charge in [-0.25, -0.2) is 0 Å². The molecule has 0 atom stereocenters. The van der Waals surface area contributed by atoms with Crippen LogP contribution in [0.4, 0.5) is 0 Å². The highest BCUT2D eigenvalue weighted by Gasteiger charge is 2.04. The molecule has 0 radical (unpaired) electrons. The highest BCUT2D eigenvalue weighted by atomic mass is 79.9.